The Hall–Kier alpha value is -6.88. The van der Waals surface area contributed by atoms with Gasteiger partial charge in [0.05, 0.1) is 48.5 Å². The summed E-state index contributed by atoms with van der Waals surface area (Å²) < 4.78 is 32.7. The van der Waals surface area contributed by atoms with Crippen molar-refractivity contribution in [3.8, 4) is 5.75 Å². The van der Waals surface area contributed by atoms with Crippen LogP contribution in [0.3, 0.4) is 0 Å². The van der Waals surface area contributed by atoms with Gasteiger partial charge in [-0.3, -0.25) is 10.0 Å². The van der Waals surface area contributed by atoms with E-state index in [1.807, 2.05) is 208 Å². The summed E-state index contributed by atoms with van der Waals surface area (Å²) in [4.78, 5) is 2.05. The number of hydrogen-bond donors (Lipinski definition) is 0. The molecule has 0 aliphatic rings. The van der Waals surface area contributed by atoms with Crippen molar-refractivity contribution in [3.05, 3.63) is 163 Å². The van der Waals surface area contributed by atoms with E-state index in [2.05, 4.69) is 60.9 Å². The first-order valence-electron chi connectivity index (χ1n) is 18.9. The minimum atomic E-state index is -3.72. The van der Waals surface area contributed by atoms with Crippen LogP contribution in [0.15, 0.2) is 167 Å². The SMILES string of the molecule is CN(C)c1ccc(N=Nc2cc[n+](C)cc2)cc1.COc1ccc(N(C)/N=C\c2cc[n+](C)cc2)cc1.CS(=O)(=O)O[O-].Cc1ccc(N(C)N=Cc2cc[n+](C)cc2)cc1. The van der Waals surface area contributed by atoms with E-state index in [1.165, 1.54) is 5.56 Å². The second kappa shape index (κ2) is 24.9. The van der Waals surface area contributed by atoms with Crippen molar-refractivity contribution >= 4 is 51.0 Å². The molecule has 0 saturated carbocycles. The summed E-state index contributed by atoms with van der Waals surface area (Å²) in [6, 6.07) is 36.0. The zero-order valence-electron chi connectivity index (χ0n) is 36.4. The monoisotopic (exact) mass is 848 g/mol. The van der Waals surface area contributed by atoms with Gasteiger partial charge in [0, 0.05) is 81.4 Å². The Labute approximate surface area is 360 Å². The summed E-state index contributed by atoms with van der Waals surface area (Å²) in [5.41, 5.74) is 8.37. The molecule has 6 aromatic rings. The first-order valence-corrected chi connectivity index (χ1v) is 20.7. The van der Waals surface area contributed by atoms with E-state index in [1.54, 1.807) is 7.11 Å². The van der Waals surface area contributed by atoms with E-state index in [-0.39, 0.29) is 0 Å². The van der Waals surface area contributed by atoms with Crippen LogP contribution in [0, 0.1) is 6.92 Å². The lowest BCUT2D eigenvalue weighted by Gasteiger charge is -2.12. The van der Waals surface area contributed by atoms with Crippen molar-refractivity contribution in [1.29, 1.82) is 0 Å². The Morgan fingerprint density at radius 3 is 1.26 bits per heavy atom. The fourth-order valence-corrected chi connectivity index (χ4v) is 4.69. The lowest BCUT2D eigenvalue weighted by atomic mass is 10.2. The number of anilines is 3. The molecule has 320 valence electrons. The predicted octanol–water partition coefficient (Wildman–Crippen LogP) is 5.51. The Morgan fingerprint density at radius 1 is 0.557 bits per heavy atom. The molecule has 3 heterocycles. The number of benzene rings is 3. The van der Waals surface area contributed by atoms with Crippen LogP contribution >= 0.6 is 0 Å². The van der Waals surface area contributed by atoms with Gasteiger partial charge in [0.25, 0.3) is 10.1 Å². The van der Waals surface area contributed by atoms with Crippen LogP contribution in [-0.4, -0.2) is 62.4 Å². The normalized spacial score (nSPS) is 10.9. The minimum absolute atomic E-state index is 0.681. The zero-order chi connectivity index (χ0) is 44.8. The second-order valence-electron chi connectivity index (χ2n) is 13.8. The molecule has 0 spiro atoms. The van der Waals surface area contributed by atoms with Crippen LogP contribution in [0.4, 0.5) is 28.4 Å². The van der Waals surface area contributed by atoms with Crippen LogP contribution in [0.2, 0.25) is 0 Å². The fourth-order valence-electron chi connectivity index (χ4n) is 4.69. The first kappa shape index (κ1) is 48.5. The molecule has 0 radical (unpaired) electrons. The maximum absolute atomic E-state index is 9.47. The molecular weight excluding hydrogens is 793 g/mol. The molecule has 0 amide bonds. The quantitative estimate of drug-likeness (QED) is 0.0546. The standard InChI is InChI=1S/C15H18N3O.C15H18N3.C14H17N4.CH4O4S/c1-17-10-8-13(9-11-17)12-16-18(2)14-4-6-15(19-3)7-5-14;1-13-4-6-15(7-5-13)18(3)16-12-14-8-10-17(2)11-9-14;1-17(2)14-6-4-12(5-7-14)15-16-13-8-10-18(3)11-9-13;1-6(3,4)5-2/h4-12H,1-3H3;4-12H,1-3H3;4-11H,1-3H3;2H,1H3/q3*+1;/p-1. The average Bonchev–Trinajstić information content (AvgIpc) is 3.26. The highest BCUT2D eigenvalue weighted by Crippen LogP contribution is 2.21. The molecule has 0 atom stereocenters. The van der Waals surface area contributed by atoms with Crippen LogP contribution in [0.5, 0.6) is 5.75 Å². The number of azo groups is 1. The zero-order valence-corrected chi connectivity index (χ0v) is 37.2. The number of aromatic nitrogens is 3. The molecule has 0 N–H and O–H groups in total. The van der Waals surface area contributed by atoms with Gasteiger partial charge in [0.1, 0.15) is 26.9 Å². The van der Waals surface area contributed by atoms with Gasteiger partial charge in [-0.05, 0) is 67.6 Å². The van der Waals surface area contributed by atoms with E-state index in [4.69, 9.17) is 9.99 Å². The van der Waals surface area contributed by atoms with E-state index < -0.39 is 10.1 Å². The highest BCUT2D eigenvalue weighted by Gasteiger charge is 2.01. The van der Waals surface area contributed by atoms with Gasteiger partial charge < -0.3 is 19.2 Å². The van der Waals surface area contributed by atoms with Gasteiger partial charge in [-0.25, -0.2) is 22.1 Å². The molecule has 0 bridgehead atoms. The summed E-state index contributed by atoms with van der Waals surface area (Å²) in [5, 5.41) is 29.8. The Kier molecular flexibility index (Phi) is 19.8. The largest absolute Gasteiger partial charge is 0.707 e. The predicted molar refractivity (Wildman–Crippen MR) is 240 cm³/mol. The number of methoxy groups -OCH3 is 1. The number of pyridine rings is 3. The third kappa shape index (κ3) is 19.2. The summed E-state index contributed by atoms with van der Waals surface area (Å²) >= 11 is 0. The van der Waals surface area contributed by atoms with E-state index >= 15 is 0 Å². The van der Waals surface area contributed by atoms with Gasteiger partial charge in [-0.15, -0.1) is 0 Å². The van der Waals surface area contributed by atoms with Crippen LogP contribution in [-0.2, 0) is 35.6 Å². The van der Waals surface area contributed by atoms with Crippen LogP contribution in [0.1, 0.15) is 16.7 Å². The van der Waals surface area contributed by atoms with Gasteiger partial charge >= 0.3 is 0 Å². The molecule has 15 nitrogen and oxygen atoms in total. The van der Waals surface area contributed by atoms with Gasteiger partial charge in [-0.2, -0.15) is 20.4 Å². The van der Waals surface area contributed by atoms with Crippen molar-refractivity contribution in [2.24, 2.45) is 41.6 Å². The molecule has 3 aromatic heterocycles. The Morgan fingerprint density at radius 2 is 0.902 bits per heavy atom. The fraction of sp³-hybridized carbons (Fsp3) is 0.222. The molecule has 0 aliphatic heterocycles. The molecule has 0 saturated heterocycles. The molecule has 0 aliphatic carbocycles. The third-order valence-electron chi connectivity index (χ3n) is 8.35. The number of rotatable bonds is 11. The molecule has 16 heteroatoms. The molecule has 61 heavy (non-hydrogen) atoms. The number of aryl methyl sites for hydroxylation is 4. The van der Waals surface area contributed by atoms with Crippen LogP contribution < -0.4 is 38.6 Å². The molecule has 3 aromatic carbocycles. The van der Waals surface area contributed by atoms with Crippen molar-refractivity contribution in [1.82, 2.24) is 0 Å². The summed E-state index contributed by atoms with van der Waals surface area (Å²) in [6.45, 7) is 2.08. The van der Waals surface area contributed by atoms with Crippen molar-refractivity contribution in [2.45, 2.75) is 6.92 Å². The number of nitrogens with zero attached hydrogens (tertiary/aromatic N) is 10. The maximum Gasteiger partial charge on any atom is 0.255 e. The Balaban J connectivity index is 0.000000229. The lowest BCUT2D eigenvalue weighted by Crippen LogP contribution is -2.25. The molecule has 6 rings (SSSR count). The molecular formula is C45H56N10O5S+2. The molecule has 0 unspecified atom stereocenters. The van der Waals surface area contributed by atoms with Gasteiger partial charge in [0.15, 0.2) is 37.2 Å². The molecule has 0 fully saturated rings. The Bertz CT molecular complexity index is 2380. The number of hydrazone groups is 2. The average molecular weight is 849 g/mol. The lowest BCUT2D eigenvalue weighted by molar-refractivity contribution is -0.671. The van der Waals surface area contributed by atoms with E-state index in [9.17, 15) is 8.42 Å². The highest BCUT2D eigenvalue weighted by molar-refractivity contribution is 7.85. The first-order chi connectivity index (χ1) is 29.0. The van der Waals surface area contributed by atoms with Crippen molar-refractivity contribution in [3.63, 3.8) is 0 Å². The number of hydrogen-bond acceptors (Lipinski definition) is 12. The topological polar surface area (TPSA) is 146 Å². The third-order valence-corrected chi connectivity index (χ3v) is 8.60. The van der Waals surface area contributed by atoms with Gasteiger partial charge in [0.2, 0.25) is 0 Å². The number of ether oxygens (including phenoxy) is 1. The maximum atomic E-state index is 9.47. The van der Waals surface area contributed by atoms with E-state index in [0.717, 1.165) is 45.3 Å². The van der Waals surface area contributed by atoms with Crippen molar-refractivity contribution < 1.29 is 36.4 Å². The van der Waals surface area contributed by atoms with E-state index in [0.29, 0.717) is 6.26 Å². The summed E-state index contributed by atoms with van der Waals surface area (Å²) in [7, 11) is 11.8. The summed E-state index contributed by atoms with van der Waals surface area (Å²) in [5.74, 6) is 0.844. The minimum Gasteiger partial charge on any atom is -0.707 e. The highest BCUT2D eigenvalue weighted by atomic mass is 32.2. The van der Waals surface area contributed by atoms with Crippen LogP contribution in [0.25, 0.3) is 0 Å². The van der Waals surface area contributed by atoms with Crippen molar-refractivity contribution in [2.75, 3.05) is 56.5 Å². The van der Waals surface area contributed by atoms with Gasteiger partial charge in [-0.1, -0.05) is 17.7 Å². The summed E-state index contributed by atoms with van der Waals surface area (Å²) in [6.07, 6.45) is 16.3. The second-order valence-corrected chi connectivity index (χ2v) is 15.3. The smallest absolute Gasteiger partial charge is 0.255 e.